The highest BCUT2D eigenvalue weighted by molar-refractivity contribution is 5.94. The molecular weight excluding hydrogens is 510 g/mol. The van der Waals surface area contributed by atoms with Crippen molar-refractivity contribution >= 4 is 17.9 Å². The monoisotopic (exact) mass is 549 g/mol. The molecule has 1 aromatic heterocycles. The number of aromatic nitrogens is 2. The molecule has 5 rings (SSSR count). The summed E-state index contributed by atoms with van der Waals surface area (Å²) in [5.41, 5.74) is 1.62. The van der Waals surface area contributed by atoms with Gasteiger partial charge in [-0.1, -0.05) is 24.3 Å². The van der Waals surface area contributed by atoms with Crippen molar-refractivity contribution in [2.24, 2.45) is 0 Å². The minimum absolute atomic E-state index is 0.0131. The van der Waals surface area contributed by atoms with Crippen molar-refractivity contribution in [3.8, 4) is 11.4 Å². The Kier molecular flexibility index (Phi) is 8.07. The Morgan fingerprint density at radius 3 is 2.08 bits per heavy atom. The van der Waals surface area contributed by atoms with E-state index in [0.29, 0.717) is 56.8 Å². The summed E-state index contributed by atoms with van der Waals surface area (Å²) >= 11 is 0. The fourth-order valence-corrected chi connectivity index (χ4v) is 5.40. The van der Waals surface area contributed by atoms with E-state index in [9.17, 15) is 19.5 Å². The van der Waals surface area contributed by atoms with Crippen LogP contribution in [-0.2, 0) is 16.0 Å². The first-order chi connectivity index (χ1) is 19.1. The maximum absolute atomic E-state index is 13.5. The number of carbonyl (C=O) groups excluding carboxylic acids is 3. The van der Waals surface area contributed by atoms with Gasteiger partial charge in [0.2, 0.25) is 5.91 Å². The molecule has 1 N–H and O–H groups in total. The first kappa shape index (κ1) is 28.0. The second kappa shape index (κ2) is 11.5. The Bertz CT molecular complexity index is 1210. The molecule has 1 atom stereocenters. The van der Waals surface area contributed by atoms with Crippen LogP contribution in [0.4, 0.5) is 4.79 Å². The van der Waals surface area contributed by atoms with Crippen LogP contribution in [0.3, 0.4) is 0 Å². The standard InChI is InChI=1S/C30H39N5O5/c1-30(2,3)40-29(39)33-13-10-24(11-14-33)35(23-8-9-23)28(38)22-17-31-27(32-18-22)21-6-4-20(5-7-21)16-26(37)34-15-12-25(36)19-34/h4-7,17-18,23-25,36H,8-16,19H2,1-3H3/t25-/m1/s1. The molecule has 214 valence electrons. The van der Waals surface area contributed by atoms with Gasteiger partial charge in [-0.05, 0) is 58.4 Å². The van der Waals surface area contributed by atoms with E-state index in [1.165, 1.54) is 0 Å². The Morgan fingerprint density at radius 1 is 0.925 bits per heavy atom. The van der Waals surface area contributed by atoms with Gasteiger partial charge in [0.15, 0.2) is 5.82 Å². The van der Waals surface area contributed by atoms with Gasteiger partial charge in [0.25, 0.3) is 5.91 Å². The van der Waals surface area contributed by atoms with E-state index in [-0.39, 0.29) is 36.4 Å². The Balaban J connectivity index is 1.18. The predicted octanol–water partition coefficient (Wildman–Crippen LogP) is 3.28. The highest BCUT2D eigenvalue weighted by Gasteiger charge is 2.40. The lowest BCUT2D eigenvalue weighted by molar-refractivity contribution is -0.129. The Morgan fingerprint density at radius 2 is 1.52 bits per heavy atom. The van der Waals surface area contributed by atoms with Crippen LogP contribution in [0.25, 0.3) is 11.4 Å². The van der Waals surface area contributed by atoms with Crippen LogP contribution < -0.4 is 0 Å². The number of β-amino-alcohol motifs (C(OH)–C–C–N with tert-alkyl or cyclic N) is 1. The number of aliphatic hydroxyl groups excluding tert-OH is 1. The van der Waals surface area contributed by atoms with Gasteiger partial charge in [-0.3, -0.25) is 9.59 Å². The van der Waals surface area contributed by atoms with Crippen molar-refractivity contribution in [2.75, 3.05) is 26.2 Å². The second-order valence-electron chi connectivity index (χ2n) is 12.1. The number of piperidine rings is 1. The second-order valence-corrected chi connectivity index (χ2v) is 12.1. The Hall–Kier alpha value is -3.53. The number of hydrogen-bond donors (Lipinski definition) is 1. The molecule has 3 heterocycles. The molecule has 2 aromatic rings. The number of hydrogen-bond acceptors (Lipinski definition) is 7. The number of rotatable bonds is 6. The molecule has 1 aliphatic carbocycles. The fourth-order valence-electron chi connectivity index (χ4n) is 5.40. The molecule has 0 radical (unpaired) electrons. The van der Waals surface area contributed by atoms with E-state index in [2.05, 4.69) is 9.97 Å². The van der Waals surface area contributed by atoms with E-state index < -0.39 is 11.7 Å². The highest BCUT2D eigenvalue weighted by Crippen LogP contribution is 2.33. The first-order valence-corrected chi connectivity index (χ1v) is 14.2. The lowest BCUT2D eigenvalue weighted by atomic mass is 10.0. The molecular formula is C30H39N5O5. The quantitative estimate of drug-likeness (QED) is 0.588. The number of amides is 3. The van der Waals surface area contributed by atoms with Crippen molar-refractivity contribution in [1.29, 1.82) is 0 Å². The third kappa shape index (κ3) is 6.78. The largest absolute Gasteiger partial charge is 0.444 e. The highest BCUT2D eigenvalue weighted by atomic mass is 16.6. The van der Waals surface area contributed by atoms with Crippen LogP contribution in [-0.4, -0.2) is 97.6 Å². The lowest BCUT2D eigenvalue weighted by Crippen LogP contribution is -2.50. The van der Waals surface area contributed by atoms with Crippen molar-refractivity contribution in [3.05, 3.63) is 47.8 Å². The molecule has 3 aliphatic rings. The molecule has 3 amide bonds. The van der Waals surface area contributed by atoms with Gasteiger partial charge >= 0.3 is 6.09 Å². The van der Waals surface area contributed by atoms with Crippen LogP contribution in [0.1, 0.15) is 68.8 Å². The summed E-state index contributed by atoms with van der Waals surface area (Å²) in [5.74, 6) is 0.463. The molecule has 3 fully saturated rings. The number of benzene rings is 1. The van der Waals surface area contributed by atoms with E-state index in [1.54, 1.807) is 22.2 Å². The smallest absolute Gasteiger partial charge is 0.410 e. The van der Waals surface area contributed by atoms with Gasteiger partial charge in [0, 0.05) is 56.2 Å². The maximum Gasteiger partial charge on any atom is 0.410 e. The lowest BCUT2D eigenvalue weighted by Gasteiger charge is -2.39. The summed E-state index contributed by atoms with van der Waals surface area (Å²) in [7, 11) is 0. The zero-order valence-electron chi connectivity index (χ0n) is 23.6. The predicted molar refractivity (Wildman–Crippen MR) is 148 cm³/mol. The number of ether oxygens (including phenoxy) is 1. The summed E-state index contributed by atoms with van der Waals surface area (Å²) in [6.07, 6.45) is 6.78. The summed E-state index contributed by atoms with van der Waals surface area (Å²) in [6, 6.07) is 7.84. The van der Waals surface area contributed by atoms with Crippen LogP contribution in [0.15, 0.2) is 36.7 Å². The molecule has 10 heteroatoms. The number of likely N-dealkylation sites (tertiary alicyclic amines) is 2. The fraction of sp³-hybridized carbons (Fsp3) is 0.567. The summed E-state index contributed by atoms with van der Waals surface area (Å²) < 4.78 is 5.51. The van der Waals surface area contributed by atoms with Crippen molar-refractivity contribution in [1.82, 2.24) is 24.7 Å². The summed E-state index contributed by atoms with van der Waals surface area (Å²) in [6.45, 7) is 7.71. The molecule has 0 unspecified atom stereocenters. The van der Waals surface area contributed by atoms with Gasteiger partial charge in [-0.2, -0.15) is 0 Å². The third-order valence-electron chi connectivity index (χ3n) is 7.67. The molecule has 2 saturated heterocycles. The number of carbonyl (C=O) groups is 3. The summed E-state index contributed by atoms with van der Waals surface area (Å²) in [4.78, 5) is 52.8. The van der Waals surface area contributed by atoms with Crippen LogP contribution >= 0.6 is 0 Å². The molecule has 40 heavy (non-hydrogen) atoms. The normalized spacial score (nSPS) is 19.9. The van der Waals surface area contributed by atoms with Gasteiger partial charge < -0.3 is 24.5 Å². The molecule has 1 aromatic carbocycles. The van der Waals surface area contributed by atoms with E-state index in [1.807, 2.05) is 49.9 Å². The minimum Gasteiger partial charge on any atom is -0.444 e. The van der Waals surface area contributed by atoms with Crippen LogP contribution in [0.2, 0.25) is 0 Å². The minimum atomic E-state index is -0.532. The first-order valence-electron chi connectivity index (χ1n) is 14.2. The number of aliphatic hydroxyl groups is 1. The molecule has 10 nitrogen and oxygen atoms in total. The summed E-state index contributed by atoms with van der Waals surface area (Å²) in [5, 5.41) is 9.67. The zero-order valence-corrected chi connectivity index (χ0v) is 23.6. The van der Waals surface area contributed by atoms with E-state index >= 15 is 0 Å². The van der Waals surface area contributed by atoms with Crippen molar-refractivity contribution in [2.45, 2.75) is 83.1 Å². The molecule has 0 spiro atoms. The topological polar surface area (TPSA) is 116 Å². The maximum atomic E-state index is 13.5. The third-order valence-corrected chi connectivity index (χ3v) is 7.67. The zero-order chi connectivity index (χ0) is 28.4. The molecule has 0 bridgehead atoms. The van der Waals surface area contributed by atoms with Crippen molar-refractivity contribution in [3.63, 3.8) is 0 Å². The van der Waals surface area contributed by atoms with Crippen LogP contribution in [0.5, 0.6) is 0 Å². The van der Waals surface area contributed by atoms with Gasteiger partial charge in [-0.25, -0.2) is 14.8 Å². The number of nitrogens with zero attached hydrogens (tertiary/aromatic N) is 5. The van der Waals surface area contributed by atoms with E-state index in [4.69, 9.17) is 4.74 Å². The molecule has 2 aliphatic heterocycles. The SMILES string of the molecule is CC(C)(C)OC(=O)N1CCC(N(C(=O)c2cnc(-c3ccc(CC(=O)N4CC[C@@H](O)C4)cc3)nc2)C2CC2)CC1. The van der Waals surface area contributed by atoms with Gasteiger partial charge in [0.05, 0.1) is 18.1 Å². The Labute approximate surface area is 235 Å². The van der Waals surface area contributed by atoms with Crippen molar-refractivity contribution < 1.29 is 24.2 Å². The average Bonchev–Trinajstić information content (AvgIpc) is 3.66. The average molecular weight is 550 g/mol. The van der Waals surface area contributed by atoms with E-state index in [0.717, 1.165) is 24.0 Å². The van der Waals surface area contributed by atoms with Crippen LogP contribution in [0, 0.1) is 0 Å². The van der Waals surface area contributed by atoms with Gasteiger partial charge in [0.1, 0.15) is 5.60 Å². The molecule has 1 saturated carbocycles. The van der Waals surface area contributed by atoms with Gasteiger partial charge in [-0.15, -0.1) is 0 Å².